The van der Waals surface area contributed by atoms with Gasteiger partial charge in [0.25, 0.3) is 0 Å². The van der Waals surface area contributed by atoms with Gasteiger partial charge in [-0.15, -0.1) is 0 Å². The van der Waals surface area contributed by atoms with Crippen LogP contribution in [0.3, 0.4) is 0 Å². The van der Waals surface area contributed by atoms with Crippen molar-refractivity contribution < 1.29 is 0 Å². The highest BCUT2D eigenvalue weighted by molar-refractivity contribution is 7.80. The molecule has 0 atom stereocenters. The molecule has 0 spiro atoms. The molecule has 2 aromatic carbocycles. The summed E-state index contributed by atoms with van der Waals surface area (Å²) >= 11 is 18.8. The van der Waals surface area contributed by atoms with Gasteiger partial charge in [0, 0.05) is 5.02 Å². The van der Waals surface area contributed by atoms with Gasteiger partial charge in [0.05, 0.1) is 20.9 Å². The van der Waals surface area contributed by atoms with Crippen LogP contribution in [0.4, 0.5) is 10.8 Å². The van der Waals surface area contributed by atoms with Gasteiger partial charge in [0.15, 0.2) is 10.2 Å². The zero-order valence-corrected chi connectivity index (χ0v) is 13.7. The van der Waals surface area contributed by atoms with E-state index in [0.29, 0.717) is 20.8 Å². The Morgan fingerprint density at radius 1 is 1.10 bits per heavy atom. The zero-order valence-electron chi connectivity index (χ0n) is 10.6. The average Bonchev–Trinajstić information content (AvgIpc) is 2.84. The molecular weight excluding hydrogens is 345 g/mol. The number of aromatic nitrogens is 1. The topological polar surface area (TPSA) is 37.0 Å². The number of halogens is 2. The van der Waals surface area contributed by atoms with Gasteiger partial charge in [-0.25, -0.2) is 4.98 Å². The molecule has 0 aliphatic carbocycles. The van der Waals surface area contributed by atoms with E-state index < -0.39 is 0 Å². The maximum Gasteiger partial charge on any atom is 0.190 e. The molecule has 0 aliphatic rings. The molecule has 2 N–H and O–H groups in total. The van der Waals surface area contributed by atoms with Gasteiger partial charge >= 0.3 is 0 Å². The fraction of sp³-hybridized carbons (Fsp3) is 0. The van der Waals surface area contributed by atoms with E-state index in [-0.39, 0.29) is 0 Å². The first-order valence-electron chi connectivity index (χ1n) is 6.00. The second kappa shape index (κ2) is 6.15. The second-order valence-corrected chi connectivity index (χ2v) is 6.47. The average molecular weight is 354 g/mol. The van der Waals surface area contributed by atoms with Crippen LogP contribution in [-0.2, 0) is 0 Å². The Morgan fingerprint density at radius 3 is 2.67 bits per heavy atom. The van der Waals surface area contributed by atoms with Crippen molar-refractivity contribution >= 4 is 72.9 Å². The first-order valence-corrected chi connectivity index (χ1v) is 7.98. The van der Waals surface area contributed by atoms with Crippen LogP contribution >= 0.6 is 46.8 Å². The van der Waals surface area contributed by atoms with E-state index in [1.807, 2.05) is 24.3 Å². The van der Waals surface area contributed by atoms with Gasteiger partial charge in [0.1, 0.15) is 0 Å². The van der Waals surface area contributed by atoms with Crippen molar-refractivity contribution in [3.05, 3.63) is 52.5 Å². The summed E-state index contributed by atoms with van der Waals surface area (Å²) < 4.78 is 1.10. The van der Waals surface area contributed by atoms with E-state index in [0.717, 1.165) is 15.3 Å². The number of thiocarbonyl (C=S) groups is 1. The Labute approximate surface area is 140 Å². The molecule has 0 radical (unpaired) electrons. The number of para-hydroxylation sites is 1. The lowest BCUT2D eigenvalue weighted by molar-refractivity contribution is 1.47. The van der Waals surface area contributed by atoms with Crippen LogP contribution in [0, 0.1) is 0 Å². The maximum atomic E-state index is 6.09. The number of nitrogens with one attached hydrogen (secondary N) is 2. The van der Waals surface area contributed by atoms with Gasteiger partial charge in [-0.3, -0.25) is 0 Å². The number of nitrogens with zero attached hydrogens (tertiary/aromatic N) is 1. The fourth-order valence-corrected chi connectivity index (χ4v) is 3.36. The molecule has 1 aromatic heterocycles. The lowest BCUT2D eigenvalue weighted by Crippen LogP contribution is -2.19. The molecule has 1 heterocycles. The molecule has 0 amide bonds. The predicted molar refractivity (Wildman–Crippen MR) is 95.9 cm³/mol. The first kappa shape index (κ1) is 14.5. The highest BCUT2D eigenvalue weighted by atomic mass is 35.5. The van der Waals surface area contributed by atoms with Gasteiger partial charge in [-0.05, 0) is 42.5 Å². The monoisotopic (exact) mass is 353 g/mol. The molecule has 3 rings (SSSR count). The Kier molecular flexibility index (Phi) is 4.26. The first-order chi connectivity index (χ1) is 10.1. The Balaban J connectivity index is 1.74. The van der Waals surface area contributed by atoms with E-state index >= 15 is 0 Å². The Hall–Kier alpha value is -1.40. The Morgan fingerprint density at radius 2 is 1.90 bits per heavy atom. The normalized spacial score (nSPS) is 10.6. The van der Waals surface area contributed by atoms with Crippen LogP contribution in [0.25, 0.3) is 10.2 Å². The minimum atomic E-state index is 0.429. The summed E-state index contributed by atoms with van der Waals surface area (Å²) in [5, 5.41) is 8.34. The van der Waals surface area contributed by atoms with Gasteiger partial charge in [-0.1, -0.05) is 46.7 Å². The zero-order chi connectivity index (χ0) is 14.8. The number of hydrogen-bond donors (Lipinski definition) is 2. The molecule has 21 heavy (non-hydrogen) atoms. The van der Waals surface area contributed by atoms with Crippen molar-refractivity contribution in [2.75, 3.05) is 10.6 Å². The maximum absolute atomic E-state index is 6.09. The third-order valence-electron chi connectivity index (χ3n) is 2.69. The lowest BCUT2D eigenvalue weighted by Gasteiger charge is -2.09. The van der Waals surface area contributed by atoms with E-state index in [2.05, 4.69) is 15.6 Å². The second-order valence-electron chi connectivity index (χ2n) is 4.19. The van der Waals surface area contributed by atoms with Crippen molar-refractivity contribution in [3.8, 4) is 0 Å². The number of fused-ring (bicyclic) bond motifs is 1. The summed E-state index contributed by atoms with van der Waals surface area (Å²) in [5.41, 5.74) is 1.64. The molecule has 0 fully saturated rings. The number of rotatable bonds is 2. The highest BCUT2D eigenvalue weighted by Crippen LogP contribution is 2.27. The molecule has 3 nitrogen and oxygen atoms in total. The van der Waals surface area contributed by atoms with E-state index in [1.54, 1.807) is 18.2 Å². The third kappa shape index (κ3) is 3.44. The number of thiazole rings is 1. The summed E-state index contributed by atoms with van der Waals surface area (Å²) in [5.74, 6) is 0. The molecule has 106 valence electrons. The molecule has 7 heteroatoms. The van der Waals surface area contributed by atoms with Crippen molar-refractivity contribution in [2.24, 2.45) is 0 Å². The number of benzene rings is 2. The minimum absolute atomic E-state index is 0.429. The summed E-state index contributed by atoms with van der Waals surface area (Å²) in [7, 11) is 0. The lowest BCUT2D eigenvalue weighted by atomic mass is 10.3. The summed E-state index contributed by atoms with van der Waals surface area (Å²) in [6.45, 7) is 0. The van der Waals surface area contributed by atoms with E-state index in [4.69, 9.17) is 35.4 Å². The van der Waals surface area contributed by atoms with Crippen LogP contribution in [0.15, 0.2) is 42.5 Å². The fourth-order valence-electron chi connectivity index (χ4n) is 1.77. The van der Waals surface area contributed by atoms with Gasteiger partial charge in [-0.2, -0.15) is 0 Å². The largest absolute Gasteiger partial charge is 0.331 e. The number of hydrogen-bond acceptors (Lipinski definition) is 3. The smallest absolute Gasteiger partial charge is 0.190 e. The van der Waals surface area contributed by atoms with Crippen molar-refractivity contribution in [3.63, 3.8) is 0 Å². The molecule has 0 unspecified atom stereocenters. The van der Waals surface area contributed by atoms with Crippen molar-refractivity contribution in [1.82, 2.24) is 4.98 Å². The van der Waals surface area contributed by atoms with Crippen LogP contribution in [-0.4, -0.2) is 10.1 Å². The summed E-state index contributed by atoms with van der Waals surface area (Å²) in [6.07, 6.45) is 0. The van der Waals surface area contributed by atoms with Crippen LogP contribution in [0.1, 0.15) is 0 Å². The van der Waals surface area contributed by atoms with Gasteiger partial charge in [0.2, 0.25) is 0 Å². The van der Waals surface area contributed by atoms with Gasteiger partial charge < -0.3 is 10.6 Å². The SMILES string of the molecule is S=C(Nc1nc2ccccc2s1)Nc1ccc(Cl)cc1Cl. The standard InChI is InChI=1S/C14H9Cl2N3S2/c15-8-5-6-10(9(16)7-8)17-13(20)19-14-18-11-3-1-2-4-12(11)21-14/h1-7H,(H2,17,18,19,20). The van der Waals surface area contributed by atoms with Crippen molar-refractivity contribution in [1.29, 1.82) is 0 Å². The predicted octanol–water partition coefficient (Wildman–Crippen LogP) is 5.41. The van der Waals surface area contributed by atoms with Crippen molar-refractivity contribution in [2.45, 2.75) is 0 Å². The molecule has 0 bridgehead atoms. The van der Waals surface area contributed by atoms with Crippen LogP contribution in [0.2, 0.25) is 10.0 Å². The molecule has 3 aromatic rings. The Bertz CT molecular complexity index is 784. The minimum Gasteiger partial charge on any atom is -0.331 e. The molecule has 0 aliphatic heterocycles. The molecular formula is C14H9Cl2N3S2. The summed E-state index contributed by atoms with van der Waals surface area (Å²) in [6, 6.07) is 13.1. The quantitative estimate of drug-likeness (QED) is 0.603. The third-order valence-corrected chi connectivity index (χ3v) is 4.40. The molecule has 0 saturated heterocycles. The number of anilines is 2. The van der Waals surface area contributed by atoms with Crippen LogP contribution in [0.5, 0.6) is 0 Å². The highest BCUT2D eigenvalue weighted by Gasteiger charge is 2.07. The van der Waals surface area contributed by atoms with E-state index in [9.17, 15) is 0 Å². The van der Waals surface area contributed by atoms with Crippen LogP contribution < -0.4 is 10.6 Å². The summed E-state index contributed by atoms with van der Waals surface area (Å²) in [4.78, 5) is 4.46. The van der Waals surface area contributed by atoms with E-state index in [1.165, 1.54) is 11.3 Å². The molecule has 0 saturated carbocycles.